The summed E-state index contributed by atoms with van der Waals surface area (Å²) in [6, 6.07) is 17.0. The Hall–Kier alpha value is -2.75. The molecule has 0 spiro atoms. The Morgan fingerprint density at radius 1 is 1.10 bits per heavy atom. The van der Waals surface area contributed by atoms with Gasteiger partial charge in [0.25, 0.3) is 0 Å². The number of ether oxygens (including phenoxy) is 1. The maximum absolute atomic E-state index is 11.6. The van der Waals surface area contributed by atoms with Gasteiger partial charge in [-0.3, -0.25) is 4.79 Å². The Labute approximate surface area is 124 Å². The van der Waals surface area contributed by atoms with Crippen molar-refractivity contribution in [2.45, 2.75) is 0 Å². The molecule has 0 aliphatic carbocycles. The van der Waals surface area contributed by atoms with Crippen molar-refractivity contribution in [2.75, 3.05) is 18.4 Å². The molecule has 0 bridgehead atoms. The first-order chi connectivity index (χ1) is 10.3. The van der Waals surface area contributed by atoms with Crippen LogP contribution in [0.3, 0.4) is 0 Å². The molecule has 2 N–H and O–H groups in total. The number of para-hydroxylation sites is 3. The van der Waals surface area contributed by atoms with E-state index in [0.29, 0.717) is 12.3 Å². The second-order valence-electron chi connectivity index (χ2n) is 4.36. The van der Waals surface area contributed by atoms with Crippen molar-refractivity contribution in [3.63, 3.8) is 0 Å². The summed E-state index contributed by atoms with van der Waals surface area (Å²) in [6.07, 6.45) is 1.64. The van der Waals surface area contributed by atoms with Crippen LogP contribution in [-0.2, 0) is 4.79 Å². The van der Waals surface area contributed by atoms with Crippen molar-refractivity contribution in [3.05, 3.63) is 67.3 Å². The number of rotatable bonds is 7. The van der Waals surface area contributed by atoms with Gasteiger partial charge in [-0.2, -0.15) is 0 Å². The molecule has 108 valence electrons. The minimum atomic E-state index is -0.0931. The standard InChI is InChI=1S/C17H18N2O2/c1-2-12-18-17(20)13-19-15-10-6-7-11-16(15)21-14-8-4-3-5-9-14/h2-11,19H,1,12-13H2,(H,18,20). The Balaban J connectivity index is 2.00. The molecule has 0 radical (unpaired) electrons. The third kappa shape index (κ3) is 4.69. The normalized spacial score (nSPS) is 9.71. The van der Waals surface area contributed by atoms with Crippen molar-refractivity contribution in [1.29, 1.82) is 0 Å². The molecule has 0 saturated carbocycles. The Morgan fingerprint density at radius 3 is 2.57 bits per heavy atom. The highest BCUT2D eigenvalue weighted by molar-refractivity contribution is 5.81. The first kappa shape index (κ1) is 14.7. The van der Waals surface area contributed by atoms with Crippen LogP contribution in [0.1, 0.15) is 0 Å². The molecule has 0 unspecified atom stereocenters. The van der Waals surface area contributed by atoms with Gasteiger partial charge in [-0.1, -0.05) is 36.4 Å². The molecule has 0 aliphatic rings. The maximum atomic E-state index is 11.6. The number of hydrogen-bond donors (Lipinski definition) is 2. The van der Waals surface area contributed by atoms with E-state index in [-0.39, 0.29) is 12.5 Å². The Kier molecular flexibility index (Phi) is 5.41. The van der Waals surface area contributed by atoms with E-state index < -0.39 is 0 Å². The fraction of sp³-hybridized carbons (Fsp3) is 0.118. The van der Waals surface area contributed by atoms with Gasteiger partial charge in [-0.15, -0.1) is 6.58 Å². The van der Waals surface area contributed by atoms with Crippen LogP contribution in [0.15, 0.2) is 67.3 Å². The number of amides is 1. The molecule has 4 heteroatoms. The average molecular weight is 282 g/mol. The van der Waals surface area contributed by atoms with Crippen LogP contribution in [-0.4, -0.2) is 19.0 Å². The number of hydrogen-bond acceptors (Lipinski definition) is 3. The molecule has 0 fully saturated rings. The van der Waals surface area contributed by atoms with E-state index in [1.54, 1.807) is 6.08 Å². The second-order valence-corrected chi connectivity index (χ2v) is 4.36. The highest BCUT2D eigenvalue weighted by Crippen LogP contribution is 2.28. The van der Waals surface area contributed by atoms with Gasteiger partial charge in [0.2, 0.25) is 5.91 Å². The average Bonchev–Trinajstić information content (AvgIpc) is 2.53. The molecule has 2 aromatic rings. The minimum absolute atomic E-state index is 0.0931. The summed E-state index contributed by atoms with van der Waals surface area (Å²) in [6.45, 7) is 4.20. The van der Waals surface area contributed by atoms with E-state index in [1.807, 2.05) is 54.6 Å². The quantitative estimate of drug-likeness (QED) is 0.767. The summed E-state index contributed by atoms with van der Waals surface area (Å²) in [5.74, 6) is 1.34. The SMILES string of the molecule is C=CCNC(=O)CNc1ccccc1Oc1ccccc1. The van der Waals surface area contributed by atoms with E-state index in [0.717, 1.165) is 11.4 Å². The fourth-order valence-electron chi connectivity index (χ4n) is 1.74. The number of nitrogens with one attached hydrogen (secondary N) is 2. The zero-order chi connectivity index (χ0) is 14.9. The highest BCUT2D eigenvalue weighted by atomic mass is 16.5. The summed E-state index contributed by atoms with van der Waals surface area (Å²) in [7, 11) is 0. The van der Waals surface area contributed by atoms with E-state index in [2.05, 4.69) is 17.2 Å². The van der Waals surface area contributed by atoms with Crippen molar-refractivity contribution in [2.24, 2.45) is 0 Å². The summed E-state index contributed by atoms with van der Waals surface area (Å²) in [5, 5.41) is 5.78. The Bertz CT molecular complexity index is 597. The maximum Gasteiger partial charge on any atom is 0.239 e. The highest BCUT2D eigenvalue weighted by Gasteiger charge is 2.06. The number of carbonyl (C=O) groups is 1. The summed E-state index contributed by atoms with van der Waals surface area (Å²) in [4.78, 5) is 11.6. The molecule has 21 heavy (non-hydrogen) atoms. The van der Waals surface area contributed by atoms with Gasteiger partial charge >= 0.3 is 0 Å². The molecule has 1 amide bonds. The molecular formula is C17H18N2O2. The lowest BCUT2D eigenvalue weighted by Gasteiger charge is -2.12. The van der Waals surface area contributed by atoms with Crippen LogP contribution in [0.4, 0.5) is 5.69 Å². The van der Waals surface area contributed by atoms with E-state index in [4.69, 9.17) is 4.74 Å². The Morgan fingerprint density at radius 2 is 1.81 bits per heavy atom. The van der Waals surface area contributed by atoms with Crippen molar-refractivity contribution < 1.29 is 9.53 Å². The number of carbonyl (C=O) groups excluding carboxylic acids is 1. The summed E-state index contributed by atoms with van der Waals surface area (Å²) < 4.78 is 5.81. The lowest BCUT2D eigenvalue weighted by Crippen LogP contribution is -2.29. The first-order valence-corrected chi connectivity index (χ1v) is 6.73. The van der Waals surface area contributed by atoms with Crippen LogP contribution in [0.5, 0.6) is 11.5 Å². The fourth-order valence-corrected chi connectivity index (χ4v) is 1.74. The molecule has 0 atom stereocenters. The molecule has 0 heterocycles. The van der Waals surface area contributed by atoms with E-state index in [1.165, 1.54) is 0 Å². The van der Waals surface area contributed by atoms with Gasteiger partial charge in [0.05, 0.1) is 12.2 Å². The van der Waals surface area contributed by atoms with Crippen LogP contribution in [0.25, 0.3) is 0 Å². The lowest BCUT2D eigenvalue weighted by atomic mass is 10.3. The predicted octanol–water partition coefficient (Wildman–Crippen LogP) is 3.19. The first-order valence-electron chi connectivity index (χ1n) is 6.73. The van der Waals surface area contributed by atoms with Crippen molar-refractivity contribution in [1.82, 2.24) is 5.32 Å². The number of benzene rings is 2. The van der Waals surface area contributed by atoms with Crippen molar-refractivity contribution in [3.8, 4) is 11.5 Å². The molecule has 4 nitrogen and oxygen atoms in total. The van der Waals surface area contributed by atoms with Crippen LogP contribution in [0.2, 0.25) is 0 Å². The smallest absolute Gasteiger partial charge is 0.239 e. The molecular weight excluding hydrogens is 264 g/mol. The predicted molar refractivity (Wildman–Crippen MR) is 84.7 cm³/mol. The topological polar surface area (TPSA) is 50.4 Å². The van der Waals surface area contributed by atoms with Crippen LogP contribution >= 0.6 is 0 Å². The monoisotopic (exact) mass is 282 g/mol. The third-order valence-corrected chi connectivity index (χ3v) is 2.74. The van der Waals surface area contributed by atoms with E-state index >= 15 is 0 Å². The zero-order valence-electron chi connectivity index (χ0n) is 11.7. The van der Waals surface area contributed by atoms with Crippen molar-refractivity contribution >= 4 is 11.6 Å². The summed E-state index contributed by atoms with van der Waals surface area (Å²) >= 11 is 0. The molecule has 0 saturated heterocycles. The van der Waals surface area contributed by atoms with Gasteiger partial charge in [-0.25, -0.2) is 0 Å². The lowest BCUT2D eigenvalue weighted by molar-refractivity contribution is -0.119. The van der Waals surface area contributed by atoms with Gasteiger partial charge in [0.1, 0.15) is 5.75 Å². The van der Waals surface area contributed by atoms with Gasteiger partial charge in [0, 0.05) is 6.54 Å². The molecule has 2 aromatic carbocycles. The largest absolute Gasteiger partial charge is 0.455 e. The van der Waals surface area contributed by atoms with Gasteiger partial charge in [-0.05, 0) is 24.3 Å². The molecule has 2 rings (SSSR count). The second kappa shape index (κ2) is 7.75. The van der Waals surface area contributed by atoms with Gasteiger partial charge in [0.15, 0.2) is 5.75 Å². The summed E-state index contributed by atoms with van der Waals surface area (Å²) in [5.41, 5.74) is 0.773. The zero-order valence-corrected chi connectivity index (χ0v) is 11.7. The number of anilines is 1. The molecule has 0 aromatic heterocycles. The molecule has 0 aliphatic heterocycles. The van der Waals surface area contributed by atoms with E-state index in [9.17, 15) is 4.79 Å². The third-order valence-electron chi connectivity index (χ3n) is 2.74. The van der Waals surface area contributed by atoms with Gasteiger partial charge < -0.3 is 15.4 Å². The van der Waals surface area contributed by atoms with Crippen LogP contribution in [0, 0.1) is 0 Å². The minimum Gasteiger partial charge on any atom is -0.455 e. The van der Waals surface area contributed by atoms with Crippen LogP contribution < -0.4 is 15.4 Å².